The summed E-state index contributed by atoms with van der Waals surface area (Å²) < 4.78 is 10.1. The number of methoxy groups -OCH3 is 2. The number of hydrogen-bond acceptors (Lipinski definition) is 7. The van der Waals surface area contributed by atoms with Crippen LogP contribution >= 0.6 is 0 Å². The molecular weight excluding hydrogens is 386 g/mol. The summed E-state index contributed by atoms with van der Waals surface area (Å²) in [7, 11) is 7.11. The number of likely N-dealkylation sites (tertiary alicyclic amines) is 2. The van der Waals surface area contributed by atoms with E-state index < -0.39 is 0 Å². The van der Waals surface area contributed by atoms with Crippen molar-refractivity contribution in [3.05, 3.63) is 17.6 Å². The van der Waals surface area contributed by atoms with Crippen molar-refractivity contribution in [3.63, 3.8) is 0 Å². The van der Waals surface area contributed by atoms with E-state index in [2.05, 4.69) is 0 Å². The van der Waals surface area contributed by atoms with Crippen molar-refractivity contribution < 1.29 is 19.1 Å². The van der Waals surface area contributed by atoms with Crippen molar-refractivity contribution in [2.75, 3.05) is 72.6 Å². The Morgan fingerprint density at radius 2 is 1.90 bits per heavy atom. The predicted octanol–water partition coefficient (Wildman–Crippen LogP) is 0.857. The first-order chi connectivity index (χ1) is 14.4. The molecule has 2 saturated heterocycles. The number of carbonyl (C=O) groups is 2. The average Bonchev–Trinajstić information content (AvgIpc) is 3.12. The van der Waals surface area contributed by atoms with Crippen LogP contribution in [0.4, 0.5) is 5.82 Å². The number of hydrogen-bond donors (Lipinski definition) is 0. The van der Waals surface area contributed by atoms with Crippen LogP contribution in [0.5, 0.6) is 0 Å². The lowest BCUT2D eigenvalue weighted by molar-refractivity contribution is -0.136. The monoisotopic (exact) mass is 419 g/mol. The highest BCUT2D eigenvalue weighted by atomic mass is 16.5. The smallest absolute Gasteiger partial charge is 0.248 e. The number of amides is 2. The number of aromatic nitrogens is 2. The van der Waals surface area contributed by atoms with E-state index in [0.29, 0.717) is 39.2 Å². The largest absolute Gasteiger partial charge is 0.383 e. The third-order valence-corrected chi connectivity index (χ3v) is 5.89. The number of rotatable bonds is 8. The molecule has 0 N–H and O–H groups in total. The molecule has 0 unspecified atom stereocenters. The van der Waals surface area contributed by atoms with Crippen LogP contribution in [0.15, 0.2) is 6.07 Å². The first-order valence-electron chi connectivity index (χ1n) is 10.5. The fraction of sp³-hybridized carbons (Fsp3) is 0.714. The van der Waals surface area contributed by atoms with Gasteiger partial charge in [0.25, 0.3) is 0 Å². The Hall–Kier alpha value is -2.26. The van der Waals surface area contributed by atoms with Gasteiger partial charge in [0.1, 0.15) is 18.2 Å². The Labute approximate surface area is 178 Å². The van der Waals surface area contributed by atoms with E-state index >= 15 is 0 Å². The van der Waals surface area contributed by atoms with Crippen molar-refractivity contribution in [1.82, 2.24) is 19.8 Å². The molecule has 9 nitrogen and oxygen atoms in total. The van der Waals surface area contributed by atoms with Gasteiger partial charge in [-0.1, -0.05) is 0 Å². The topological polar surface area (TPSA) is 88.1 Å². The molecule has 0 radical (unpaired) electrons. The summed E-state index contributed by atoms with van der Waals surface area (Å²) in [4.78, 5) is 39.8. The molecule has 2 aliphatic heterocycles. The molecule has 2 amide bonds. The van der Waals surface area contributed by atoms with Crippen LogP contribution < -0.4 is 4.90 Å². The molecule has 1 aromatic heterocycles. The maximum absolute atomic E-state index is 12.4. The van der Waals surface area contributed by atoms with Crippen LogP contribution in [0.1, 0.15) is 42.6 Å². The van der Waals surface area contributed by atoms with Crippen molar-refractivity contribution in [2.24, 2.45) is 0 Å². The molecule has 0 saturated carbocycles. The van der Waals surface area contributed by atoms with E-state index in [1.165, 1.54) is 7.11 Å². The Kier molecular flexibility index (Phi) is 7.60. The zero-order valence-electron chi connectivity index (χ0n) is 18.5. The third-order valence-electron chi connectivity index (χ3n) is 5.89. The number of carbonyl (C=O) groups excluding carboxylic acids is 2. The molecule has 1 aromatic rings. The van der Waals surface area contributed by atoms with Gasteiger partial charge in [0, 0.05) is 78.8 Å². The highest BCUT2D eigenvalue weighted by Gasteiger charge is 2.33. The number of piperidine rings is 1. The van der Waals surface area contributed by atoms with Gasteiger partial charge in [-0.3, -0.25) is 9.59 Å². The molecule has 0 spiro atoms. The van der Waals surface area contributed by atoms with E-state index in [0.717, 1.165) is 30.2 Å². The fourth-order valence-corrected chi connectivity index (χ4v) is 4.08. The highest BCUT2D eigenvalue weighted by molar-refractivity contribution is 5.79. The summed E-state index contributed by atoms with van der Waals surface area (Å²) in [5, 5.41) is 0. The van der Waals surface area contributed by atoms with Crippen molar-refractivity contribution in [1.29, 1.82) is 0 Å². The van der Waals surface area contributed by atoms with E-state index in [1.807, 2.05) is 34.9 Å². The molecular formula is C21H33N5O4. The van der Waals surface area contributed by atoms with Gasteiger partial charge in [0.15, 0.2) is 0 Å². The van der Waals surface area contributed by atoms with Crippen LogP contribution in [-0.2, 0) is 19.1 Å². The second kappa shape index (κ2) is 10.2. The Morgan fingerprint density at radius 1 is 1.17 bits per heavy atom. The molecule has 166 valence electrons. The van der Waals surface area contributed by atoms with Crippen LogP contribution in [0.3, 0.4) is 0 Å². The summed E-state index contributed by atoms with van der Waals surface area (Å²) >= 11 is 0. The predicted molar refractivity (Wildman–Crippen MR) is 113 cm³/mol. The Bertz CT molecular complexity index is 749. The van der Waals surface area contributed by atoms with Gasteiger partial charge < -0.3 is 24.2 Å². The molecule has 1 atom stereocenters. The fourth-order valence-electron chi connectivity index (χ4n) is 4.08. The minimum atomic E-state index is 0.0280. The first-order valence-corrected chi connectivity index (χ1v) is 10.5. The van der Waals surface area contributed by atoms with Gasteiger partial charge >= 0.3 is 0 Å². The number of anilines is 1. The normalized spacial score (nSPS) is 20.1. The molecule has 0 bridgehead atoms. The van der Waals surface area contributed by atoms with Crippen LogP contribution in [0.2, 0.25) is 0 Å². The van der Waals surface area contributed by atoms with Crippen LogP contribution in [0, 0.1) is 0 Å². The lowest BCUT2D eigenvalue weighted by Crippen LogP contribution is -2.40. The van der Waals surface area contributed by atoms with Gasteiger partial charge in [-0.15, -0.1) is 0 Å². The van der Waals surface area contributed by atoms with Gasteiger partial charge in [-0.05, 0) is 12.8 Å². The highest BCUT2D eigenvalue weighted by Crippen LogP contribution is 2.32. The summed E-state index contributed by atoms with van der Waals surface area (Å²) in [6, 6.07) is 2.00. The van der Waals surface area contributed by atoms with Gasteiger partial charge in [0.2, 0.25) is 11.8 Å². The van der Waals surface area contributed by atoms with Gasteiger partial charge in [-0.2, -0.15) is 0 Å². The Morgan fingerprint density at radius 3 is 2.53 bits per heavy atom. The molecule has 2 fully saturated rings. The van der Waals surface area contributed by atoms with Crippen molar-refractivity contribution in [3.8, 4) is 0 Å². The molecule has 2 aliphatic rings. The maximum Gasteiger partial charge on any atom is 0.248 e. The van der Waals surface area contributed by atoms with Gasteiger partial charge in [-0.25, -0.2) is 9.97 Å². The van der Waals surface area contributed by atoms with Crippen molar-refractivity contribution in [2.45, 2.75) is 31.1 Å². The molecule has 3 heterocycles. The summed E-state index contributed by atoms with van der Waals surface area (Å²) in [6.45, 7) is 3.30. The number of nitrogens with zero attached hydrogens (tertiary/aromatic N) is 5. The molecule has 9 heteroatoms. The van der Waals surface area contributed by atoms with Crippen LogP contribution in [0.25, 0.3) is 0 Å². The second-order valence-corrected chi connectivity index (χ2v) is 8.23. The van der Waals surface area contributed by atoms with Crippen molar-refractivity contribution >= 4 is 17.6 Å². The third kappa shape index (κ3) is 5.26. The summed E-state index contributed by atoms with van der Waals surface area (Å²) in [6.07, 6.45) is 2.13. The van der Waals surface area contributed by atoms with E-state index in [9.17, 15) is 9.59 Å². The van der Waals surface area contributed by atoms with Gasteiger partial charge in [0.05, 0.1) is 12.3 Å². The van der Waals surface area contributed by atoms with Crippen LogP contribution in [-0.4, -0.2) is 99.3 Å². The SMILES string of the molecule is COCCN1C[C@H](c2cc(N(C)C)nc(C3CCN(C(=O)COC)CC3)n2)CC1=O. The molecule has 30 heavy (non-hydrogen) atoms. The zero-order valence-corrected chi connectivity index (χ0v) is 18.5. The quantitative estimate of drug-likeness (QED) is 0.617. The minimum Gasteiger partial charge on any atom is -0.383 e. The first kappa shape index (κ1) is 22.4. The summed E-state index contributed by atoms with van der Waals surface area (Å²) in [5.41, 5.74) is 0.926. The van der Waals surface area contributed by atoms with E-state index in [1.54, 1.807) is 7.11 Å². The molecule has 0 aliphatic carbocycles. The minimum absolute atomic E-state index is 0.0280. The lowest BCUT2D eigenvalue weighted by atomic mass is 9.95. The molecule has 3 rings (SSSR count). The van der Waals surface area contributed by atoms with E-state index in [4.69, 9.17) is 19.4 Å². The lowest BCUT2D eigenvalue weighted by Gasteiger charge is -2.31. The maximum atomic E-state index is 12.4. The van der Waals surface area contributed by atoms with E-state index in [-0.39, 0.29) is 30.3 Å². The average molecular weight is 420 g/mol. The summed E-state index contributed by atoms with van der Waals surface area (Å²) in [5.74, 6) is 2.12. The molecule has 0 aromatic carbocycles. The zero-order chi connectivity index (χ0) is 21.7. The standard InChI is InChI=1S/C21H33N5O4/c1-24(2)18-12-17(16-11-19(27)26(13-16)9-10-29-3)22-21(23-18)15-5-7-25(8-6-15)20(28)14-30-4/h12,15-16H,5-11,13-14H2,1-4H3/t16-/m1/s1. The second-order valence-electron chi connectivity index (χ2n) is 8.23. The Balaban J connectivity index is 1.74. The number of ether oxygens (including phenoxy) is 2.